The third kappa shape index (κ3) is 4.83. The molecule has 0 radical (unpaired) electrons. The number of hydrogen-bond acceptors (Lipinski definition) is 5. The van der Waals surface area contributed by atoms with Crippen molar-refractivity contribution in [1.29, 1.82) is 0 Å². The number of carbonyl (C=O) groups is 1. The summed E-state index contributed by atoms with van der Waals surface area (Å²) >= 11 is 0. The van der Waals surface area contributed by atoms with Gasteiger partial charge in [0.05, 0.1) is 36.2 Å². The number of aromatic nitrogens is 4. The molecule has 0 saturated carbocycles. The van der Waals surface area contributed by atoms with Crippen LogP contribution in [0.1, 0.15) is 18.1 Å². The number of benzene rings is 2. The van der Waals surface area contributed by atoms with Crippen LogP contribution in [0.2, 0.25) is 0 Å². The zero-order valence-corrected chi connectivity index (χ0v) is 21.3. The molecule has 8 nitrogen and oxygen atoms in total. The Bertz CT molecular complexity index is 1690. The third-order valence-corrected chi connectivity index (χ3v) is 6.53. The van der Waals surface area contributed by atoms with Crippen LogP contribution in [0.4, 0.5) is 10.1 Å². The summed E-state index contributed by atoms with van der Waals surface area (Å²) in [5.41, 5.74) is 3.82. The average molecular weight is 511 g/mol. The maximum absolute atomic E-state index is 13.8. The van der Waals surface area contributed by atoms with E-state index in [1.54, 1.807) is 32.4 Å². The minimum Gasteiger partial charge on any atom is -0.319 e. The van der Waals surface area contributed by atoms with E-state index < -0.39 is 6.04 Å². The summed E-state index contributed by atoms with van der Waals surface area (Å²) < 4.78 is 17.3. The van der Waals surface area contributed by atoms with Crippen molar-refractivity contribution < 1.29 is 9.18 Å². The smallest absolute Gasteiger partial charge is 0.277 e. The molecule has 5 rings (SSSR count). The Labute approximate surface area is 218 Å². The Morgan fingerprint density at radius 2 is 1.87 bits per heavy atom. The fourth-order valence-electron chi connectivity index (χ4n) is 4.37. The Morgan fingerprint density at radius 1 is 1.08 bits per heavy atom. The standard InChI is InChI=1S/C29H27FN6O2/c1-18-16-35(26-10-9-22(30)12-24(18)26)23-11-20(13-32-14-23)17-36-27(21-7-5-4-6-8-21)33-15-25(29(36)38)34-28(37)19(2)31-3/h4-16,19,31H,17H2,1-3H3,(H,34,37). The van der Waals surface area contributed by atoms with Gasteiger partial charge in [0.1, 0.15) is 17.3 Å². The minimum atomic E-state index is -0.481. The van der Waals surface area contributed by atoms with Crippen molar-refractivity contribution in [3.8, 4) is 17.1 Å². The first-order chi connectivity index (χ1) is 18.4. The van der Waals surface area contributed by atoms with Gasteiger partial charge in [0.15, 0.2) is 0 Å². The largest absolute Gasteiger partial charge is 0.319 e. The SMILES string of the molecule is CNC(C)C(=O)Nc1cnc(-c2ccccc2)n(Cc2cncc(-n3cc(C)c4cc(F)ccc43)c2)c1=O. The summed E-state index contributed by atoms with van der Waals surface area (Å²) in [6, 6.07) is 15.5. The van der Waals surface area contributed by atoms with Gasteiger partial charge in [-0.1, -0.05) is 30.3 Å². The topological polar surface area (TPSA) is 93.8 Å². The second-order valence-corrected chi connectivity index (χ2v) is 9.15. The molecule has 38 heavy (non-hydrogen) atoms. The second-order valence-electron chi connectivity index (χ2n) is 9.15. The normalized spacial score (nSPS) is 12.0. The van der Waals surface area contributed by atoms with Crippen LogP contribution >= 0.6 is 0 Å². The molecule has 2 N–H and O–H groups in total. The minimum absolute atomic E-state index is 0.0925. The number of aryl methyl sites for hydroxylation is 1. The molecule has 9 heteroatoms. The highest BCUT2D eigenvalue weighted by Gasteiger charge is 2.17. The summed E-state index contributed by atoms with van der Waals surface area (Å²) in [6.07, 6.45) is 6.75. The Morgan fingerprint density at radius 3 is 2.63 bits per heavy atom. The first kappa shape index (κ1) is 25.0. The highest BCUT2D eigenvalue weighted by molar-refractivity contribution is 5.94. The van der Waals surface area contributed by atoms with Crippen molar-refractivity contribution in [3.05, 3.63) is 107 Å². The van der Waals surface area contributed by atoms with Gasteiger partial charge in [-0.3, -0.25) is 19.1 Å². The van der Waals surface area contributed by atoms with Crippen LogP contribution in [0.5, 0.6) is 0 Å². The van der Waals surface area contributed by atoms with Gasteiger partial charge in [-0.2, -0.15) is 0 Å². The van der Waals surface area contributed by atoms with Crippen LogP contribution in [-0.2, 0) is 11.3 Å². The van der Waals surface area contributed by atoms with Gasteiger partial charge in [0.2, 0.25) is 5.91 Å². The van der Waals surface area contributed by atoms with E-state index in [-0.39, 0.29) is 29.5 Å². The lowest BCUT2D eigenvalue weighted by atomic mass is 10.2. The van der Waals surface area contributed by atoms with E-state index in [0.717, 1.165) is 33.3 Å². The van der Waals surface area contributed by atoms with Gasteiger partial charge in [-0.15, -0.1) is 0 Å². The highest BCUT2D eigenvalue weighted by Crippen LogP contribution is 2.26. The Hall–Kier alpha value is -4.63. The molecule has 1 amide bonds. The average Bonchev–Trinajstić information content (AvgIpc) is 3.26. The third-order valence-electron chi connectivity index (χ3n) is 6.53. The van der Waals surface area contributed by atoms with Crippen molar-refractivity contribution in [2.45, 2.75) is 26.4 Å². The van der Waals surface area contributed by atoms with Gasteiger partial charge in [-0.05, 0) is 56.3 Å². The Kier molecular flexibility index (Phi) is 6.85. The quantitative estimate of drug-likeness (QED) is 0.341. The van der Waals surface area contributed by atoms with Crippen molar-refractivity contribution in [2.75, 3.05) is 12.4 Å². The number of rotatable bonds is 7. The maximum Gasteiger partial charge on any atom is 0.277 e. The Balaban J connectivity index is 1.57. The predicted octanol–water partition coefficient (Wildman–Crippen LogP) is 4.29. The molecule has 0 saturated heterocycles. The summed E-state index contributed by atoms with van der Waals surface area (Å²) in [5, 5.41) is 6.37. The molecule has 0 aliphatic heterocycles. The molecule has 192 valence electrons. The molecule has 0 aliphatic carbocycles. The summed E-state index contributed by atoms with van der Waals surface area (Å²) in [4.78, 5) is 35.0. The number of nitrogens with one attached hydrogen (secondary N) is 2. The fraction of sp³-hybridized carbons (Fsp3) is 0.172. The lowest BCUT2D eigenvalue weighted by molar-refractivity contribution is -0.117. The number of hydrogen-bond donors (Lipinski definition) is 2. The number of amides is 1. The van der Waals surface area contributed by atoms with Crippen molar-refractivity contribution in [2.24, 2.45) is 0 Å². The van der Waals surface area contributed by atoms with Gasteiger partial charge in [-0.25, -0.2) is 9.37 Å². The molecule has 0 aliphatic rings. The molecular formula is C29H27FN6O2. The van der Waals surface area contributed by atoms with Crippen molar-refractivity contribution >= 4 is 22.5 Å². The zero-order valence-electron chi connectivity index (χ0n) is 21.3. The van der Waals surface area contributed by atoms with E-state index in [4.69, 9.17) is 0 Å². The van der Waals surface area contributed by atoms with E-state index in [0.29, 0.717) is 5.82 Å². The van der Waals surface area contributed by atoms with Crippen LogP contribution in [0.3, 0.4) is 0 Å². The number of pyridine rings is 1. The number of fused-ring (bicyclic) bond motifs is 1. The molecule has 0 bridgehead atoms. The first-order valence-electron chi connectivity index (χ1n) is 12.2. The van der Waals surface area contributed by atoms with Crippen LogP contribution in [0.25, 0.3) is 28.0 Å². The molecule has 1 unspecified atom stereocenters. The number of anilines is 1. The molecular weight excluding hydrogens is 483 g/mol. The van der Waals surface area contributed by atoms with Crippen LogP contribution in [-0.4, -0.2) is 38.1 Å². The molecule has 3 heterocycles. The summed E-state index contributed by atoms with van der Waals surface area (Å²) in [5.74, 6) is -0.152. The van der Waals surface area contributed by atoms with Gasteiger partial charge >= 0.3 is 0 Å². The van der Waals surface area contributed by atoms with Gasteiger partial charge in [0.25, 0.3) is 5.56 Å². The van der Waals surface area contributed by atoms with Gasteiger partial charge in [0, 0.05) is 23.3 Å². The molecule has 5 aromatic rings. The van der Waals surface area contributed by atoms with E-state index >= 15 is 0 Å². The molecule has 0 fully saturated rings. The lowest BCUT2D eigenvalue weighted by Crippen LogP contribution is -2.38. The monoisotopic (exact) mass is 510 g/mol. The molecule has 3 aromatic heterocycles. The number of nitrogens with zero attached hydrogens (tertiary/aromatic N) is 4. The predicted molar refractivity (Wildman–Crippen MR) is 146 cm³/mol. The van der Waals surface area contributed by atoms with Gasteiger partial charge < -0.3 is 15.2 Å². The first-order valence-corrected chi connectivity index (χ1v) is 12.2. The zero-order chi connectivity index (χ0) is 26.8. The number of likely N-dealkylation sites (N-methyl/N-ethyl adjacent to an activating group) is 1. The van der Waals surface area contributed by atoms with Crippen molar-refractivity contribution in [1.82, 2.24) is 24.4 Å². The van der Waals surface area contributed by atoms with Crippen LogP contribution in [0, 0.1) is 12.7 Å². The second kappa shape index (κ2) is 10.4. The van der Waals surface area contributed by atoms with Crippen LogP contribution < -0.4 is 16.2 Å². The molecule has 0 spiro atoms. The molecule has 1 atom stereocenters. The van der Waals surface area contributed by atoms with E-state index in [9.17, 15) is 14.0 Å². The van der Waals surface area contributed by atoms with E-state index in [1.807, 2.05) is 54.1 Å². The van der Waals surface area contributed by atoms with Crippen LogP contribution in [0.15, 0.2) is 84.2 Å². The van der Waals surface area contributed by atoms with Crippen molar-refractivity contribution in [3.63, 3.8) is 0 Å². The van der Waals surface area contributed by atoms with E-state index in [2.05, 4.69) is 20.6 Å². The maximum atomic E-state index is 13.8. The molecule has 2 aromatic carbocycles. The summed E-state index contributed by atoms with van der Waals surface area (Å²) in [7, 11) is 1.67. The summed E-state index contributed by atoms with van der Waals surface area (Å²) in [6.45, 7) is 3.81. The number of halogens is 1. The highest BCUT2D eigenvalue weighted by atomic mass is 19.1. The van der Waals surface area contributed by atoms with E-state index in [1.165, 1.54) is 22.9 Å². The number of carbonyl (C=O) groups excluding carboxylic acids is 1. The fourth-order valence-corrected chi connectivity index (χ4v) is 4.37. The lowest BCUT2D eigenvalue weighted by Gasteiger charge is -2.16.